The van der Waals surface area contributed by atoms with Crippen molar-refractivity contribution in [3.63, 3.8) is 0 Å². The topological polar surface area (TPSA) is 57.4 Å². The summed E-state index contributed by atoms with van der Waals surface area (Å²) in [7, 11) is 0. The molecule has 4 fully saturated rings. The van der Waals surface area contributed by atoms with Crippen LogP contribution in [0.2, 0.25) is 0 Å². The minimum Gasteiger partial charge on any atom is -0.369 e. The van der Waals surface area contributed by atoms with E-state index in [2.05, 4.69) is 30.1 Å². The van der Waals surface area contributed by atoms with Gasteiger partial charge in [-0.05, 0) is 65.5 Å². The Morgan fingerprint density at radius 1 is 1.33 bits per heavy atom. The first-order valence-electron chi connectivity index (χ1n) is 10.7. The normalized spacial score (nSPS) is 36.8. The van der Waals surface area contributed by atoms with Crippen molar-refractivity contribution in [2.24, 2.45) is 5.92 Å². The highest BCUT2D eigenvalue weighted by molar-refractivity contribution is 5.88. The summed E-state index contributed by atoms with van der Waals surface area (Å²) in [5.74, 6) is 0.471. The Bertz CT molecular complexity index is 613. The highest BCUT2D eigenvalue weighted by Gasteiger charge is 2.61. The van der Waals surface area contributed by atoms with Crippen molar-refractivity contribution < 1.29 is 14.3 Å². The fraction of sp³-hybridized carbons (Fsp3) is 0.773. The number of epoxide rings is 2. The molecule has 3 heterocycles. The zero-order chi connectivity index (χ0) is 18.9. The molecule has 150 valence electrons. The maximum Gasteiger partial charge on any atom is 0.243 e. The van der Waals surface area contributed by atoms with E-state index in [0.717, 1.165) is 45.4 Å². The molecule has 0 aromatic rings. The van der Waals surface area contributed by atoms with Crippen LogP contribution in [0.15, 0.2) is 23.3 Å². The van der Waals surface area contributed by atoms with E-state index in [-0.39, 0.29) is 11.5 Å². The van der Waals surface area contributed by atoms with E-state index in [9.17, 15) is 4.79 Å². The molecule has 0 aromatic carbocycles. The summed E-state index contributed by atoms with van der Waals surface area (Å²) in [4.78, 5) is 14.7. The monoisotopic (exact) mass is 374 g/mol. The lowest BCUT2D eigenvalue weighted by Crippen LogP contribution is -2.35. The fourth-order valence-electron chi connectivity index (χ4n) is 4.76. The Hall–Kier alpha value is -1.17. The summed E-state index contributed by atoms with van der Waals surface area (Å²) < 4.78 is 11.9. The van der Waals surface area contributed by atoms with Gasteiger partial charge in [0, 0.05) is 25.1 Å². The van der Waals surface area contributed by atoms with Gasteiger partial charge in [0.05, 0.1) is 24.4 Å². The van der Waals surface area contributed by atoms with Crippen molar-refractivity contribution in [2.75, 3.05) is 32.8 Å². The third-order valence-electron chi connectivity index (χ3n) is 6.58. The van der Waals surface area contributed by atoms with Gasteiger partial charge >= 0.3 is 0 Å². The smallest absolute Gasteiger partial charge is 0.243 e. The minimum atomic E-state index is 0.0357. The van der Waals surface area contributed by atoms with Crippen LogP contribution in [0.1, 0.15) is 52.4 Å². The summed E-state index contributed by atoms with van der Waals surface area (Å²) in [5, 5.41) is 3.07. The molecule has 3 aliphatic heterocycles. The summed E-state index contributed by atoms with van der Waals surface area (Å²) >= 11 is 0. The number of carbonyl (C=O) groups excluding carboxylic acids is 1. The maximum atomic E-state index is 12.3. The molecule has 4 aliphatic rings. The van der Waals surface area contributed by atoms with E-state index in [1.165, 1.54) is 37.1 Å². The molecule has 0 bridgehead atoms. The van der Waals surface area contributed by atoms with Gasteiger partial charge in [-0.15, -0.1) is 0 Å². The lowest BCUT2D eigenvalue weighted by Gasteiger charge is -2.29. The first-order chi connectivity index (χ1) is 13.1. The second-order valence-corrected chi connectivity index (χ2v) is 8.96. The Balaban J connectivity index is 1.27. The lowest BCUT2D eigenvalue weighted by molar-refractivity contribution is -0.116. The molecule has 3 unspecified atom stereocenters. The molecule has 5 heteroatoms. The molecule has 3 saturated heterocycles. The molecule has 5 nitrogen and oxygen atoms in total. The van der Waals surface area contributed by atoms with Crippen molar-refractivity contribution in [3.8, 4) is 0 Å². The molecule has 0 aromatic heterocycles. The summed E-state index contributed by atoms with van der Waals surface area (Å²) in [6, 6.07) is 0. The van der Waals surface area contributed by atoms with Gasteiger partial charge in [0.2, 0.25) is 5.91 Å². The minimum absolute atomic E-state index is 0.0357. The van der Waals surface area contributed by atoms with Crippen LogP contribution >= 0.6 is 0 Å². The van der Waals surface area contributed by atoms with Crippen LogP contribution in [0.5, 0.6) is 0 Å². The van der Waals surface area contributed by atoms with Crippen molar-refractivity contribution in [3.05, 3.63) is 23.3 Å². The van der Waals surface area contributed by atoms with Gasteiger partial charge in [-0.1, -0.05) is 17.2 Å². The van der Waals surface area contributed by atoms with Gasteiger partial charge in [0.1, 0.15) is 0 Å². The van der Waals surface area contributed by atoms with Crippen LogP contribution < -0.4 is 5.32 Å². The van der Waals surface area contributed by atoms with Crippen molar-refractivity contribution in [1.82, 2.24) is 10.2 Å². The summed E-state index contributed by atoms with van der Waals surface area (Å²) in [5.41, 5.74) is 2.64. The highest BCUT2D eigenvalue weighted by Crippen LogP contribution is 2.54. The van der Waals surface area contributed by atoms with Gasteiger partial charge in [-0.25, -0.2) is 0 Å². The van der Waals surface area contributed by atoms with Crippen LogP contribution in [0.3, 0.4) is 0 Å². The number of likely N-dealkylation sites (tertiary alicyclic amines) is 1. The Labute approximate surface area is 163 Å². The summed E-state index contributed by atoms with van der Waals surface area (Å²) in [6.07, 6.45) is 11.3. The first-order valence-corrected chi connectivity index (χ1v) is 10.7. The molecular formula is C22H34N2O3. The number of amides is 1. The summed E-state index contributed by atoms with van der Waals surface area (Å²) in [6.45, 7) is 9.19. The average molecular weight is 375 g/mol. The molecule has 0 radical (unpaired) electrons. The van der Waals surface area contributed by atoms with E-state index in [1.54, 1.807) is 0 Å². The number of nitrogens with one attached hydrogen (secondary N) is 1. The van der Waals surface area contributed by atoms with Crippen LogP contribution in [-0.2, 0) is 14.3 Å². The fourth-order valence-corrected chi connectivity index (χ4v) is 4.76. The lowest BCUT2D eigenvalue weighted by atomic mass is 9.74. The van der Waals surface area contributed by atoms with Crippen molar-refractivity contribution in [2.45, 2.75) is 70.2 Å². The molecule has 1 aliphatic carbocycles. The maximum absolute atomic E-state index is 12.3. The molecule has 1 amide bonds. The van der Waals surface area contributed by atoms with E-state index >= 15 is 0 Å². The number of rotatable bonds is 7. The van der Waals surface area contributed by atoms with E-state index < -0.39 is 0 Å². The van der Waals surface area contributed by atoms with Gasteiger partial charge < -0.3 is 19.7 Å². The van der Waals surface area contributed by atoms with E-state index in [1.807, 2.05) is 6.08 Å². The molecule has 4 atom stereocenters. The number of carbonyl (C=O) groups is 1. The standard InChI is InChI=1S/C22H34N2O3/c1-16(2)5-6-19-21(27-19)18-13-17(7-8-22(18)15-26-22)14-20(25)23-9-12-24-10-3-4-11-24/h5,14,18-19,21H,3-4,6-13,15H2,1-2H3,(H,23,25)/b17-14-/t18?,19-,21?,22?/m1/s1. The number of hydrogen-bond acceptors (Lipinski definition) is 4. The Morgan fingerprint density at radius 2 is 2.11 bits per heavy atom. The quantitative estimate of drug-likeness (QED) is 0.423. The van der Waals surface area contributed by atoms with Crippen LogP contribution in [0.4, 0.5) is 0 Å². The highest BCUT2D eigenvalue weighted by atomic mass is 16.6. The molecule has 1 N–H and O–H groups in total. The predicted molar refractivity (Wildman–Crippen MR) is 105 cm³/mol. The van der Waals surface area contributed by atoms with Crippen LogP contribution in [0.25, 0.3) is 0 Å². The second kappa shape index (κ2) is 8.06. The molecule has 1 saturated carbocycles. The number of allylic oxidation sites excluding steroid dienone is 2. The number of hydrogen-bond donors (Lipinski definition) is 1. The third kappa shape index (κ3) is 4.82. The molecule has 4 rings (SSSR count). The third-order valence-corrected chi connectivity index (χ3v) is 6.58. The zero-order valence-electron chi connectivity index (χ0n) is 16.8. The molecule has 27 heavy (non-hydrogen) atoms. The van der Waals surface area contributed by atoms with Crippen molar-refractivity contribution in [1.29, 1.82) is 0 Å². The molecular weight excluding hydrogens is 340 g/mol. The van der Waals surface area contributed by atoms with Gasteiger partial charge in [-0.2, -0.15) is 0 Å². The Morgan fingerprint density at radius 3 is 2.81 bits per heavy atom. The van der Waals surface area contributed by atoms with E-state index in [4.69, 9.17) is 9.47 Å². The number of nitrogens with zero attached hydrogens (tertiary/aromatic N) is 1. The predicted octanol–water partition coefficient (Wildman–Crippen LogP) is 2.82. The van der Waals surface area contributed by atoms with Gasteiger partial charge in [0.15, 0.2) is 0 Å². The Kier molecular flexibility index (Phi) is 5.72. The van der Waals surface area contributed by atoms with Crippen molar-refractivity contribution >= 4 is 5.91 Å². The second-order valence-electron chi connectivity index (χ2n) is 8.96. The SMILES string of the molecule is CC(C)=CC[C@H]1OC1C1C/C(=C\C(=O)NCCN2CCCC2)CCC12CO2. The molecule has 1 spiro atoms. The number of ether oxygens (including phenoxy) is 2. The average Bonchev–Trinajstić information content (AvgIpc) is 3.53. The zero-order valence-corrected chi connectivity index (χ0v) is 16.8. The van der Waals surface area contributed by atoms with Crippen LogP contribution in [-0.4, -0.2) is 61.4 Å². The van der Waals surface area contributed by atoms with Gasteiger partial charge in [0.25, 0.3) is 0 Å². The van der Waals surface area contributed by atoms with Crippen LogP contribution in [0, 0.1) is 5.92 Å². The van der Waals surface area contributed by atoms with Gasteiger partial charge in [-0.3, -0.25) is 4.79 Å². The largest absolute Gasteiger partial charge is 0.369 e. The van der Waals surface area contributed by atoms with E-state index in [0.29, 0.717) is 18.1 Å². The first kappa shape index (κ1) is 19.2.